The fourth-order valence-corrected chi connectivity index (χ4v) is 1.80. The summed E-state index contributed by atoms with van der Waals surface area (Å²) in [4.78, 5) is 17.0. The van der Waals surface area contributed by atoms with E-state index in [1.54, 1.807) is 0 Å². The molecule has 0 aliphatic carbocycles. The minimum Gasteiger partial charge on any atom is -0.327 e. The molecule has 84 valence electrons. The summed E-state index contributed by atoms with van der Waals surface area (Å²) >= 11 is 1.49. The molecule has 4 nitrogen and oxygen atoms in total. The van der Waals surface area contributed by atoms with E-state index in [1.165, 1.54) is 11.3 Å². The summed E-state index contributed by atoms with van der Waals surface area (Å²) in [6.45, 7) is 7.55. The van der Waals surface area contributed by atoms with E-state index < -0.39 is 0 Å². The third kappa shape index (κ3) is 3.00. The number of carbonyl (C=O) groups is 1. The first kappa shape index (κ1) is 12.1. The Bertz CT molecular complexity index is 340. The second-order valence-electron chi connectivity index (χ2n) is 3.80. The van der Waals surface area contributed by atoms with Gasteiger partial charge in [-0.3, -0.25) is 4.79 Å². The fourth-order valence-electron chi connectivity index (χ4n) is 0.984. The predicted molar refractivity (Wildman–Crippen MR) is 63.0 cm³/mol. The lowest BCUT2D eigenvalue weighted by Crippen LogP contribution is -2.34. The summed E-state index contributed by atoms with van der Waals surface area (Å²) < 4.78 is 0. The normalized spacial score (nSPS) is 14.7. The molecule has 1 rings (SSSR count). The highest BCUT2D eigenvalue weighted by Gasteiger charge is 2.18. The monoisotopic (exact) mass is 227 g/mol. The minimum absolute atomic E-state index is 0.0706. The maximum atomic E-state index is 11.7. The van der Waals surface area contributed by atoms with Crippen LogP contribution in [-0.2, 0) is 4.79 Å². The molecule has 0 saturated heterocycles. The average Bonchev–Trinajstić information content (AvgIpc) is 2.44. The molecule has 1 aromatic rings. The van der Waals surface area contributed by atoms with Gasteiger partial charge < -0.3 is 11.1 Å². The van der Waals surface area contributed by atoms with Crippen LogP contribution >= 0.6 is 11.3 Å². The quantitative estimate of drug-likeness (QED) is 0.825. The van der Waals surface area contributed by atoms with Crippen molar-refractivity contribution in [1.29, 1.82) is 0 Å². The van der Waals surface area contributed by atoms with Crippen LogP contribution in [0.15, 0.2) is 0 Å². The van der Waals surface area contributed by atoms with E-state index in [0.29, 0.717) is 5.13 Å². The molecule has 0 fully saturated rings. The van der Waals surface area contributed by atoms with Gasteiger partial charge in [0.05, 0.1) is 11.6 Å². The number of thiazole rings is 1. The summed E-state index contributed by atoms with van der Waals surface area (Å²) in [5.74, 6) is -0.270. The van der Waals surface area contributed by atoms with Gasteiger partial charge in [0.15, 0.2) is 5.13 Å². The molecule has 0 aliphatic rings. The van der Waals surface area contributed by atoms with Crippen molar-refractivity contribution in [2.24, 2.45) is 11.7 Å². The Morgan fingerprint density at radius 1 is 1.47 bits per heavy atom. The van der Waals surface area contributed by atoms with Crippen molar-refractivity contribution >= 4 is 22.4 Å². The van der Waals surface area contributed by atoms with Gasteiger partial charge in [0.2, 0.25) is 5.91 Å². The molecular formula is C10H17N3OS. The van der Waals surface area contributed by atoms with Gasteiger partial charge in [-0.2, -0.15) is 0 Å². The molecule has 1 amide bonds. The lowest BCUT2D eigenvalue weighted by atomic mass is 10.0. The summed E-state index contributed by atoms with van der Waals surface area (Å²) in [5.41, 5.74) is 6.61. The summed E-state index contributed by atoms with van der Waals surface area (Å²) in [7, 11) is 0. The summed E-state index contributed by atoms with van der Waals surface area (Å²) in [6.07, 6.45) is 0. The Balaban J connectivity index is 2.66. The number of aromatic nitrogens is 1. The van der Waals surface area contributed by atoms with Crippen molar-refractivity contribution in [1.82, 2.24) is 4.98 Å². The van der Waals surface area contributed by atoms with Crippen molar-refractivity contribution in [2.45, 2.75) is 33.7 Å². The molecule has 0 aromatic carbocycles. The van der Waals surface area contributed by atoms with Gasteiger partial charge >= 0.3 is 0 Å². The van der Waals surface area contributed by atoms with Crippen molar-refractivity contribution in [3.63, 3.8) is 0 Å². The van der Waals surface area contributed by atoms with Crippen molar-refractivity contribution in [2.75, 3.05) is 5.32 Å². The van der Waals surface area contributed by atoms with Crippen LogP contribution in [0.5, 0.6) is 0 Å². The Kier molecular flexibility index (Phi) is 3.82. The molecule has 0 radical (unpaired) electrons. The first-order valence-corrected chi connectivity index (χ1v) is 5.74. The molecule has 15 heavy (non-hydrogen) atoms. The van der Waals surface area contributed by atoms with Crippen LogP contribution in [0.3, 0.4) is 0 Å². The van der Waals surface area contributed by atoms with E-state index in [2.05, 4.69) is 10.3 Å². The fraction of sp³-hybridized carbons (Fsp3) is 0.600. The van der Waals surface area contributed by atoms with Crippen molar-refractivity contribution in [3.05, 3.63) is 10.6 Å². The Hall–Kier alpha value is -0.940. The number of carbonyl (C=O) groups excluding carboxylic acids is 1. The van der Waals surface area contributed by atoms with Gasteiger partial charge in [-0.05, 0) is 20.8 Å². The van der Waals surface area contributed by atoms with Crippen LogP contribution < -0.4 is 11.1 Å². The van der Waals surface area contributed by atoms with Crippen LogP contribution in [0.2, 0.25) is 0 Å². The number of rotatable bonds is 3. The van der Waals surface area contributed by atoms with E-state index in [9.17, 15) is 4.79 Å². The molecule has 1 aromatic heterocycles. The highest BCUT2D eigenvalue weighted by atomic mass is 32.1. The zero-order valence-electron chi connectivity index (χ0n) is 9.50. The van der Waals surface area contributed by atoms with E-state index in [4.69, 9.17) is 5.73 Å². The number of nitrogens with two attached hydrogens (primary N) is 1. The molecule has 0 saturated carbocycles. The topological polar surface area (TPSA) is 68.0 Å². The van der Waals surface area contributed by atoms with Crippen LogP contribution in [-0.4, -0.2) is 16.9 Å². The highest BCUT2D eigenvalue weighted by molar-refractivity contribution is 7.15. The number of aryl methyl sites for hydroxylation is 2. The van der Waals surface area contributed by atoms with Gasteiger partial charge in [-0.1, -0.05) is 6.92 Å². The van der Waals surface area contributed by atoms with Gasteiger partial charge in [-0.25, -0.2) is 4.98 Å². The van der Waals surface area contributed by atoms with Crippen molar-refractivity contribution in [3.8, 4) is 0 Å². The van der Waals surface area contributed by atoms with Gasteiger partial charge in [-0.15, -0.1) is 11.3 Å². The van der Waals surface area contributed by atoms with Crippen LogP contribution in [0.1, 0.15) is 24.4 Å². The maximum Gasteiger partial charge on any atom is 0.230 e. The number of hydrogen-bond donors (Lipinski definition) is 2. The maximum absolute atomic E-state index is 11.7. The predicted octanol–water partition coefficient (Wildman–Crippen LogP) is 1.68. The molecule has 0 spiro atoms. The smallest absolute Gasteiger partial charge is 0.230 e. The van der Waals surface area contributed by atoms with E-state index in [1.807, 2.05) is 27.7 Å². The zero-order chi connectivity index (χ0) is 11.6. The Morgan fingerprint density at radius 2 is 2.07 bits per heavy atom. The van der Waals surface area contributed by atoms with Gasteiger partial charge in [0, 0.05) is 10.9 Å². The number of nitrogens with zero attached hydrogens (tertiary/aromatic N) is 1. The molecule has 1 heterocycles. The zero-order valence-corrected chi connectivity index (χ0v) is 10.3. The molecule has 5 heteroatoms. The standard InChI is InChI=1S/C10H17N3OS/c1-5(6(2)11)9(14)13-10-12-7(3)8(4)15-10/h5-6H,11H2,1-4H3,(H,12,13,14). The molecule has 2 atom stereocenters. The highest BCUT2D eigenvalue weighted by Crippen LogP contribution is 2.21. The Morgan fingerprint density at radius 3 is 2.47 bits per heavy atom. The minimum atomic E-state index is -0.200. The molecule has 0 aliphatic heterocycles. The number of amides is 1. The summed E-state index contributed by atoms with van der Waals surface area (Å²) in [6, 6.07) is -0.146. The largest absolute Gasteiger partial charge is 0.327 e. The lowest BCUT2D eigenvalue weighted by Gasteiger charge is -2.13. The molecular weight excluding hydrogens is 210 g/mol. The SMILES string of the molecule is Cc1nc(NC(=O)C(C)C(C)N)sc1C. The van der Waals surface area contributed by atoms with Crippen molar-refractivity contribution < 1.29 is 4.79 Å². The molecule has 0 bridgehead atoms. The third-order valence-corrected chi connectivity index (χ3v) is 3.45. The number of nitrogens with one attached hydrogen (secondary N) is 1. The average molecular weight is 227 g/mol. The second kappa shape index (κ2) is 4.72. The second-order valence-corrected chi connectivity index (χ2v) is 5.00. The van der Waals surface area contributed by atoms with Crippen LogP contribution in [0, 0.1) is 19.8 Å². The first-order chi connectivity index (χ1) is 6.91. The molecule has 3 N–H and O–H groups in total. The first-order valence-electron chi connectivity index (χ1n) is 4.92. The third-order valence-electron chi connectivity index (χ3n) is 2.46. The summed E-state index contributed by atoms with van der Waals surface area (Å²) in [5, 5.41) is 3.43. The van der Waals surface area contributed by atoms with Crippen LogP contribution in [0.4, 0.5) is 5.13 Å². The number of anilines is 1. The molecule has 2 unspecified atom stereocenters. The lowest BCUT2D eigenvalue weighted by molar-refractivity contribution is -0.119. The van der Waals surface area contributed by atoms with Gasteiger partial charge in [0.25, 0.3) is 0 Å². The Labute approximate surface area is 93.9 Å². The van der Waals surface area contributed by atoms with E-state index in [0.717, 1.165) is 10.6 Å². The van der Waals surface area contributed by atoms with E-state index >= 15 is 0 Å². The van der Waals surface area contributed by atoms with Crippen LogP contribution in [0.25, 0.3) is 0 Å². The van der Waals surface area contributed by atoms with E-state index in [-0.39, 0.29) is 17.9 Å². The number of hydrogen-bond acceptors (Lipinski definition) is 4. The van der Waals surface area contributed by atoms with Gasteiger partial charge in [0.1, 0.15) is 0 Å².